The molecule has 12 N–H and O–H groups in total. The lowest BCUT2D eigenvalue weighted by Crippen LogP contribution is -2.56. The van der Waals surface area contributed by atoms with Gasteiger partial charge in [-0.3, -0.25) is 19.4 Å². The van der Waals surface area contributed by atoms with Gasteiger partial charge >= 0.3 is 5.97 Å². The van der Waals surface area contributed by atoms with Crippen LogP contribution in [0.15, 0.2) is 4.99 Å². The molecule has 0 aromatic carbocycles. The molecule has 3 amide bonds. The van der Waals surface area contributed by atoms with Gasteiger partial charge in [0.05, 0.1) is 6.04 Å². The van der Waals surface area contributed by atoms with Crippen molar-refractivity contribution in [2.24, 2.45) is 33.8 Å². The van der Waals surface area contributed by atoms with E-state index in [0.717, 1.165) is 0 Å². The van der Waals surface area contributed by atoms with Crippen LogP contribution in [0.1, 0.15) is 52.9 Å². The zero-order valence-electron chi connectivity index (χ0n) is 19.7. The van der Waals surface area contributed by atoms with Crippen molar-refractivity contribution in [1.29, 1.82) is 0 Å². The lowest BCUT2D eigenvalue weighted by Gasteiger charge is -2.24. The van der Waals surface area contributed by atoms with Crippen molar-refractivity contribution >= 4 is 29.7 Å². The van der Waals surface area contributed by atoms with E-state index in [2.05, 4.69) is 20.9 Å². The van der Waals surface area contributed by atoms with E-state index in [4.69, 9.17) is 22.9 Å². The Morgan fingerprint density at radius 3 is 1.94 bits per heavy atom. The van der Waals surface area contributed by atoms with Crippen LogP contribution in [0.25, 0.3) is 0 Å². The normalized spacial score (nSPS) is 14.5. The first-order chi connectivity index (χ1) is 15.4. The highest BCUT2D eigenvalue weighted by Gasteiger charge is 2.28. The molecule has 0 saturated carbocycles. The Morgan fingerprint density at radius 1 is 0.848 bits per heavy atom. The summed E-state index contributed by atoms with van der Waals surface area (Å²) in [6, 6.07) is -3.90. The van der Waals surface area contributed by atoms with Gasteiger partial charge in [-0.15, -0.1) is 0 Å². The number of nitrogens with one attached hydrogen (secondary N) is 3. The summed E-state index contributed by atoms with van der Waals surface area (Å²) in [5, 5.41) is 16.9. The Labute approximate surface area is 194 Å². The molecule has 0 saturated heterocycles. The quantitative estimate of drug-likeness (QED) is 0.0683. The summed E-state index contributed by atoms with van der Waals surface area (Å²) in [5.41, 5.74) is 21.8. The molecular weight excluding hydrogens is 432 g/mol. The minimum atomic E-state index is -1.22. The number of aliphatic imine (C=N–C) groups is 1. The highest BCUT2D eigenvalue weighted by molar-refractivity contribution is 5.93. The third-order valence-corrected chi connectivity index (χ3v) is 4.91. The summed E-state index contributed by atoms with van der Waals surface area (Å²) >= 11 is 0. The van der Waals surface area contributed by atoms with Crippen LogP contribution in [-0.4, -0.2) is 72.0 Å². The van der Waals surface area contributed by atoms with Crippen LogP contribution in [0.2, 0.25) is 0 Å². The Balaban J connectivity index is 5.02. The predicted molar refractivity (Wildman–Crippen MR) is 125 cm³/mol. The van der Waals surface area contributed by atoms with Crippen LogP contribution < -0.4 is 38.9 Å². The van der Waals surface area contributed by atoms with Crippen molar-refractivity contribution in [3.8, 4) is 0 Å². The molecule has 0 aliphatic carbocycles. The number of carboxylic acids is 1. The molecule has 0 aliphatic rings. The Bertz CT molecular complexity index is 681. The number of hydrogen-bond acceptors (Lipinski definition) is 7. The maximum absolute atomic E-state index is 12.7. The number of carbonyl (C=O) groups excluding carboxylic acids is 3. The monoisotopic (exact) mass is 472 g/mol. The molecule has 33 heavy (non-hydrogen) atoms. The molecule has 0 rings (SSSR count). The van der Waals surface area contributed by atoms with Crippen molar-refractivity contribution in [3.05, 3.63) is 0 Å². The number of carboxylic acid groups (broad SMARTS) is 1. The number of nitrogens with zero attached hydrogens (tertiary/aromatic N) is 1. The zero-order valence-corrected chi connectivity index (χ0v) is 19.7. The van der Waals surface area contributed by atoms with Gasteiger partial charge in [-0.25, -0.2) is 4.79 Å². The number of rotatable bonds is 16. The van der Waals surface area contributed by atoms with E-state index in [9.17, 15) is 24.3 Å². The van der Waals surface area contributed by atoms with E-state index >= 15 is 0 Å². The predicted octanol–water partition coefficient (Wildman–Crippen LogP) is -2.29. The highest BCUT2D eigenvalue weighted by atomic mass is 16.4. The maximum Gasteiger partial charge on any atom is 0.326 e. The van der Waals surface area contributed by atoms with Gasteiger partial charge in [0.1, 0.15) is 18.1 Å². The minimum absolute atomic E-state index is 0.101. The van der Waals surface area contributed by atoms with Crippen molar-refractivity contribution in [1.82, 2.24) is 16.0 Å². The molecular formula is C20H40N8O5. The van der Waals surface area contributed by atoms with Crippen LogP contribution in [0, 0.1) is 5.92 Å². The maximum atomic E-state index is 12.7. The molecule has 0 fully saturated rings. The average molecular weight is 473 g/mol. The Morgan fingerprint density at radius 2 is 1.42 bits per heavy atom. The van der Waals surface area contributed by atoms with Gasteiger partial charge in [0.2, 0.25) is 17.7 Å². The molecule has 0 radical (unpaired) electrons. The van der Waals surface area contributed by atoms with Gasteiger partial charge < -0.3 is 44.0 Å². The fourth-order valence-corrected chi connectivity index (χ4v) is 2.77. The van der Waals surface area contributed by atoms with Crippen molar-refractivity contribution in [2.45, 2.75) is 77.0 Å². The number of nitrogens with two attached hydrogens (primary N) is 4. The van der Waals surface area contributed by atoms with Gasteiger partial charge in [-0.2, -0.15) is 0 Å². The Hall–Kier alpha value is -2.93. The van der Waals surface area contributed by atoms with E-state index in [-0.39, 0.29) is 24.8 Å². The summed E-state index contributed by atoms with van der Waals surface area (Å²) < 4.78 is 0. The van der Waals surface area contributed by atoms with Gasteiger partial charge in [0.15, 0.2) is 5.96 Å². The second-order valence-electron chi connectivity index (χ2n) is 8.19. The lowest BCUT2D eigenvalue weighted by molar-refractivity contribution is -0.142. The molecule has 13 nitrogen and oxygen atoms in total. The third-order valence-electron chi connectivity index (χ3n) is 4.91. The molecule has 4 unspecified atom stereocenters. The van der Waals surface area contributed by atoms with E-state index < -0.39 is 47.9 Å². The van der Waals surface area contributed by atoms with Crippen LogP contribution in [-0.2, 0) is 19.2 Å². The van der Waals surface area contributed by atoms with E-state index in [1.165, 1.54) is 6.92 Å². The van der Waals surface area contributed by atoms with Crippen LogP contribution >= 0.6 is 0 Å². The van der Waals surface area contributed by atoms with E-state index in [1.807, 2.05) is 0 Å². The van der Waals surface area contributed by atoms with Gasteiger partial charge in [0, 0.05) is 6.54 Å². The minimum Gasteiger partial charge on any atom is -0.480 e. The fraction of sp³-hybridized carbons (Fsp3) is 0.750. The Kier molecular flexibility index (Phi) is 14.4. The highest BCUT2D eigenvalue weighted by Crippen LogP contribution is 2.05. The number of aliphatic carboxylic acids is 1. The summed E-state index contributed by atoms with van der Waals surface area (Å²) in [4.78, 5) is 52.7. The summed E-state index contributed by atoms with van der Waals surface area (Å²) in [5.74, 6) is -3.17. The number of amides is 3. The SMILES string of the molecule is CC(NC(=O)C(CCCCN)NC(=O)C(N)C(C)C)C(=O)NC(CCCN=C(N)N)C(=O)O. The van der Waals surface area contributed by atoms with Crippen molar-refractivity contribution in [2.75, 3.05) is 13.1 Å². The van der Waals surface area contributed by atoms with E-state index in [0.29, 0.717) is 32.2 Å². The van der Waals surface area contributed by atoms with Gasteiger partial charge in [-0.1, -0.05) is 13.8 Å². The first kappa shape index (κ1) is 30.1. The lowest BCUT2D eigenvalue weighted by atomic mass is 10.0. The fourth-order valence-electron chi connectivity index (χ4n) is 2.77. The van der Waals surface area contributed by atoms with Gasteiger partial charge in [0.25, 0.3) is 0 Å². The number of unbranched alkanes of at least 4 members (excludes halogenated alkanes) is 1. The molecule has 190 valence electrons. The topological polar surface area (TPSA) is 241 Å². The van der Waals surface area contributed by atoms with Crippen LogP contribution in [0.5, 0.6) is 0 Å². The molecule has 4 atom stereocenters. The summed E-state index contributed by atoms with van der Waals surface area (Å²) in [7, 11) is 0. The van der Waals surface area contributed by atoms with Crippen molar-refractivity contribution in [3.63, 3.8) is 0 Å². The molecule has 0 bridgehead atoms. The first-order valence-electron chi connectivity index (χ1n) is 11.1. The number of hydrogen-bond donors (Lipinski definition) is 8. The standard InChI is InChI=1S/C20H40N8O5/c1-11(2)15(22)18(31)27-13(7-4-5-9-21)17(30)26-12(3)16(29)28-14(19(32)33)8-6-10-25-20(23)24/h11-15H,4-10,21-22H2,1-3H3,(H,26,30)(H,27,31)(H,28,29)(H,32,33)(H4,23,24,25). The zero-order chi connectivity index (χ0) is 25.6. The van der Waals surface area contributed by atoms with E-state index in [1.54, 1.807) is 13.8 Å². The van der Waals surface area contributed by atoms with Crippen LogP contribution in [0.4, 0.5) is 0 Å². The molecule has 0 aliphatic heterocycles. The largest absolute Gasteiger partial charge is 0.480 e. The third kappa shape index (κ3) is 12.6. The number of guanidine groups is 1. The number of carbonyl (C=O) groups is 4. The molecule has 0 spiro atoms. The summed E-state index contributed by atoms with van der Waals surface area (Å²) in [6.45, 7) is 5.65. The van der Waals surface area contributed by atoms with Crippen LogP contribution in [0.3, 0.4) is 0 Å². The smallest absolute Gasteiger partial charge is 0.326 e. The summed E-state index contributed by atoms with van der Waals surface area (Å²) in [6.07, 6.45) is 2.00. The molecule has 0 heterocycles. The average Bonchev–Trinajstić information content (AvgIpc) is 2.73. The second kappa shape index (κ2) is 15.8. The molecule has 13 heteroatoms. The van der Waals surface area contributed by atoms with Crippen molar-refractivity contribution < 1.29 is 24.3 Å². The van der Waals surface area contributed by atoms with Gasteiger partial charge in [-0.05, 0) is 51.5 Å². The molecule has 0 aromatic rings. The molecule has 0 aromatic heterocycles. The first-order valence-corrected chi connectivity index (χ1v) is 11.1. The second-order valence-corrected chi connectivity index (χ2v) is 8.19.